The van der Waals surface area contributed by atoms with Gasteiger partial charge in [-0.1, -0.05) is 42.0 Å². The number of nitrogens with zero attached hydrogens (tertiary/aromatic N) is 2. The second-order valence-corrected chi connectivity index (χ2v) is 7.23. The standard InChI is InChI=1S/C23H21N3O/c1-14-11-15(2)22-18(12-14)19-13-16(3)25-26(19)23(24-22)21-10-9-20(27-21)17-7-5-4-6-8-17/h4-13,23-24H,1-3H3. The van der Waals surface area contributed by atoms with Crippen LogP contribution in [0.5, 0.6) is 0 Å². The number of furan rings is 1. The Bertz CT molecular complexity index is 1140. The predicted octanol–water partition coefficient (Wildman–Crippen LogP) is 5.71. The Kier molecular flexibility index (Phi) is 3.47. The first-order chi connectivity index (χ1) is 13.1. The Morgan fingerprint density at radius 3 is 2.59 bits per heavy atom. The maximum absolute atomic E-state index is 6.23. The lowest BCUT2D eigenvalue weighted by Crippen LogP contribution is -2.26. The van der Waals surface area contributed by atoms with Crippen LogP contribution in [0.2, 0.25) is 0 Å². The molecule has 27 heavy (non-hydrogen) atoms. The fourth-order valence-electron chi connectivity index (χ4n) is 3.92. The van der Waals surface area contributed by atoms with E-state index in [0.717, 1.165) is 34.2 Å². The summed E-state index contributed by atoms with van der Waals surface area (Å²) in [6.07, 6.45) is -0.167. The average Bonchev–Trinajstić information content (AvgIpc) is 3.29. The maximum Gasteiger partial charge on any atom is 0.180 e. The highest BCUT2D eigenvalue weighted by Crippen LogP contribution is 2.41. The SMILES string of the molecule is Cc1cc(C)c2c(c1)-c1cc(C)nn1C(c1ccc(-c3ccccc3)o1)N2. The molecule has 5 rings (SSSR count). The molecule has 1 aliphatic rings. The van der Waals surface area contributed by atoms with Crippen molar-refractivity contribution >= 4 is 5.69 Å². The third-order valence-electron chi connectivity index (χ3n) is 5.09. The van der Waals surface area contributed by atoms with Crippen LogP contribution in [0.4, 0.5) is 5.69 Å². The molecule has 0 bridgehead atoms. The van der Waals surface area contributed by atoms with E-state index < -0.39 is 0 Å². The first-order valence-corrected chi connectivity index (χ1v) is 9.19. The van der Waals surface area contributed by atoms with Gasteiger partial charge in [0, 0.05) is 16.8 Å². The molecule has 0 saturated carbocycles. The summed E-state index contributed by atoms with van der Waals surface area (Å²) in [5.41, 5.74) is 8.02. The fraction of sp³-hybridized carbons (Fsp3) is 0.174. The quantitative estimate of drug-likeness (QED) is 0.501. The van der Waals surface area contributed by atoms with Crippen LogP contribution in [0, 0.1) is 20.8 Å². The Morgan fingerprint density at radius 2 is 1.78 bits per heavy atom. The van der Waals surface area contributed by atoms with E-state index in [-0.39, 0.29) is 6.17 Å². The van der Waals surface area contributed by atoms with Crippen molar-refractivity contribution in [2.45, 2.75) is 26.9 Å². The van der Waals surface area contributed by atoms with Crippen molar-refractivity contribution in [3.8, 4) is 22.6 Å². The monoisotopic (exact) mass is 355 g/mol. The van der Waals surface area contributed by atoms with E-state index >= 15 is 0 Å². The largest absolute Gasteiger partial charge is 0.457 e. The molecule has 4 aromatic rings. The van der Waals surface area contributed by atoms with Crippen molar-refractivity contribution in [2.75, 3.05) is 5.32 Å². The van der Waals surface area contributed by atoms with E-state index in [4.69, 9.17) is 9.52 Å². The third-order valence-corrected chi connectivity index (χ3v) is 5.09. The summed E-state index contributed by atoms with van der Waals surface area (Å²) in [5, 5.41) is 8.39. The Labute approximate surface area is 158 Å². The molecule has 2 aromatic carbocycles. The minimum Gasteiger partial charge on any atom is -0.457 e. The average molecular weight is 355 g/mol. The summed E-state index contributed by atoms with van der Waals surface area (Å²) in [4.78, 5) is 0. The number of aromatic nitrogens is 2. The van der Waals surface area contributed by atoms with Crippen molar-refractivity contribution in [2.24, 2.45) is 0 Å². The van der Waals surface area contributed by atoms with Crippen LogP contribution in [-0.4, -0.2) is 9.78 Å². The molecule has 1 unspecified atom stereocenters. The van der Waals surface area contributed by atoms with Crippen molar-refractivity contribution in [1.29, 1.82) is 0 Å². The number of aryl methyl sites for hydroxylation is 3. The smallest absolute Gasteiger partial charge is 0.180 e. The van der Waals surface area contributed by atoms with Gasteiger partial charge in [-0.25, -0.2) is 4.68 Å². The molecule has 3 heterocycles. The highest BCUT2D eigenvalue weighted by molar-refractivity contribution is 5.81. The Hall–Kier alpha value is -3.27. The fourth-order valence-corrected chi connectivity index (χ4v) is 3.92. The van der Waals surface area contributed by atoms with Gasteiger partial charge in [-0.15, -0.1) is 0 Å². The molecule has 1 aliphatic heterocycles. The number of hydrogen-bond acceptors (Lipinski definition) is 3. The number of rotatable bonds is 2. The molecular weight excluding hydrogens is 334 g/mol. The normalized spacial score (nSPS) is 15.1. The molecule has 4 nitrogen and oxygen atoms in total. The van der Waals surface area contributed by atoms with Crippen LogP contribution in [0.1, 0.15) is 28.7 Å². The zero-order chi connectivity index (χ0) is 18.5. The van der Waals surface area contributed by atoms with Gasteiger partial charge in [0.25, 0.3) is 0 Å². The summed E-state index contributed by atoms with van der Waals surface area (Å²) in [6.45, 7) is 6.31. The van der Waals surface area contributed by atoms with Crippen LogP contribution in [0.15, 0.2) is 65.1 Å². The number of benzene rings is 2. The highest BCUT2D eigenvalue weighted by Gasteiger charge is 2.29. The molecule has 0 saturated heterocycles. The van der Waals surface area contributed by atoms with Gasteiger partial charge in [-0.2, -0.15) is 5.10 Å². The third kappa shape index (κ3) is 2.56. The van der Waals surface area contributed by atoms with E-state index in [1.807, 2.05) is 41.9 Å². The van der Waals surface area contributed by atoms with E-state index in [9.17, 15) is 0 Å². The second-order valence-electron chi connectivity index (χ2n) is 7.23. The van der Waals surface area contributed by atoms with Gasteiger partial charge < -0.3 is 9.73 Å². The van der Waals surface area contributed by atoms with E-state index in [0.29, 0.717) is 0 Å². The van der Waals surface area contributed by atoms with E-state index in [1.54, 1.807) is 0 Å². The minimum absolute atomic E-state index is 0.167. The molecular formula is C23H21N3O. The van der Waals surface area contributed by atoms with Crippen molar-refractivity contribution in [1.82, 2.24) is 9.78 Å². The maximum atomic E-state index is 6.23. The molecule has 0 fully saturated rings. The van der Waals surface area contributed by atoms with Crippen molar-refractivity contribution in [3.05, 3.63) is 83.2 Å². The molecule has 134 valence electrons. The van der Waals surface area contributed by atoms with Crippen LogP contribution in [-0.2, 0) is 0 Å². The Morgan fingerprint density at radius 1 is 0.963 bits per heavy atom. The summed E-state index contributed by atoms with van der Waals surface area (Å²) >= 11 is 0. The minimum atomic E-state index is -0.167. The van der Waals surface area contributed by atoms with Gasteiger partial charge in [0.15, 0.2) is 6.17 Å². The van der Waals surface area contributed by atoms with Gasteiger partial charge in [0.05, 0.1) is 11.4 Å². The molecule has 2 aromatic heterocycles. The lowest BCUT2D eigenvalue weighted by atomic mass is 9.99. The van der Waals surface area contributed by atoms with Crippen molar-refractivity contribution in [3.63, 3.8) is 0 Å². The number of anilines is 1. The van der Waals surface area contributed by atoms with Gasteiger partial charge in [0.2, 0.25) is 0 Å². The van der Waals surface area contributed by atoms with Gasteiger partial charge in [0.1, 0.15) is 11.5 Å². The van der Waals surface area contributed by atoms with Gasteiger partial charge in [-0.3, -0.25) is 0 Å². The van der Waals surface area contributed by atoms with Crippen LogP contribution in [0.3, 0.4) is 0 Å². The topological polar surface area (TPSA) is 43.0 Å². The van der Waals surface area contributed by atoms with E-state index in [2.05, 4.69) is 49.5 Å². The lowest BCUT2D eigenvalue weighted by Gasteiger charge is -2.29. The molecule has 1 N–H and O–H groups in total. The van der Waals surface area contributed by atoms with Gasteiger partial charge in [-0.05, 0) is 50.6 Å². The zero-order valence-corrected chi connectivity index (χ0v) is 15.7. The van der Waals surface area contributed by atoms with Crippen LogP contribution in [0.25, 0.3) is 22.6 Å². The summed E-state index contributed by atoms with van der Waals surface area (Å²) < 4.78 is 8.26. The van der Waals surface area contributed by atoms with E-state index in [1.165, 1.54) is 16.7 Å². The summed E-state index contributed by atoms with van der Waals surface area (Å²) in [6, 6.07) is 20.8. The second kappa shape index (κ2) is 5.88. The van der Waals surface area contributed by atoms with Crippen molar-refractivity contribution < 1.29 is 4.42 Å². The number of nitrogens with one attached hydrogen (secondary N) is 1. The predicted molar refractivity (Wildman–Crippen MR) is 108 cm³/mol. The molecule has 0 radical (unpaired) electrons. The first kappa shape index (κ1) is 15.9. The first-order valence-electron chi connectivity index (χ1n) is 9.19. The summed E-state index contributed by atoms with van der Waals surface area (Å²) in [7, 11) is 0. The molecule has 0 spiro atoms. The zero-order valence-electron chi connectivity index (χ0n) is 15.7. The Balaban J connectivity index is 1.63. The highest BCUT2D eigenvalue weighted by atomic mass is 16.3. The molecule has 1 atom stereocenters. The lowest BCUT2D eigenvalue weighted by molar-refractivity contribution is 0.437. The van der Waals surface area contributed by atoms with Gasteiger partial charge >= 0.3 is 0 Å². The molecule has 0 amide bonds. The molecule has 0 aliphatic carbocycles. The number of hydrogen-bond donors (Lipinski definition) is 1. The number of fused-ring (bicyclic) bond motifs is 3. The molecule has 4 heteroatoms. The van der Waals surface area contributed by atoms with Crippen LogP contribution >= 0.6 is 0 Å². The van der Waals surface area contributed by atoms with Crippen LogP contribution < -0.4 is 5.32 Å². The summed E-state index contributed by atoms with van der Waals surface area (Å²) in [5.74, 6) is 1.72.